The van der Waals surface area contributed by atoms with Crippen molar-refractivity contribution in [2.75, 3.05) is 12.4 Å². The Morgan fingerprint density at radius 1 is 1.20 bits per heavy atom. The number of nitrogens with one attached hydrogen (secondary N) is 1. The van der Waals surface area contributed by atoms with E-state index in [0.29, 0.717) is 17.4 Å². The first kappa shape index (κ1) is 16.5. The fraction of sp³-hybridized carbons (Fsp3) is 0.350. The lowest BCUT2D eigenvalue weighted by molar-refractivity contribution is 0.0697. The van der Waals surface area contributed by atoms with Gasteiger partial charge in [0.2, 0.25) is 0 Å². The van der Waals surface area contributed by atoms with Gasteiger partial charge in [0.05, 0.1) is 18.7 Å². The lowest BCUT2D eigenvalue weighted by Crippen LogP contribution is -2.29. The molecule has 0 aromatic heterocycles. The van der Waals surface area contributed by atoms with E-state index < -0.39 is 5.97 Å². The van der Waals surface area contributed by atoms with Gasteiger partial charge >= 0.3 is 5.97 Å². The van der Waals surface area contributed by atoms with Crippen molar-refractivity contribution in [1.29, 1.82) is 0 Å². The minimum absolute atomic E-state index is 0.186. The minimum Gasteiger partial charge on any atom is -0.497 e. The van der Waals surface area contributed by atoms with Crippen LogP contribution in [0.15, 0.2) is 40.9 Å². The molecule has 0 saturated heterocycles. The van der Waals surface area contributed by atoms with Crippen LogP contribution in [-0.2, 0) is 0 Å². The number of carbonyl (C=O) groups is 1. The second kappa shape index (κ2) is 6.37. The van der Waals surface area contributed by atoms with E-state index in [0.717, 1.165) is 21.5 Å². The Kier molecular flexibility index (Phi) is 4.20. The molecule has 0 bridgehead atoms. The summed E-state index contributed by atoms with van der Waals surface area (Å²) in [5.74, 6) is 1.02. The standard InChI is InChI=1S/C20H20BrNO3/c1-25-12-6-8-18-16(10-12)13-3-2-4-14(13)19(22-18)15-7-5-11(20(23)24)9-17(15)21/h5-10,13-14,19,22H,2-4H2,1H3,(H,23,24)/t13-,14+,19-/m1/s1. The predicted octanol–water partition coefficient (Wildman–Crippen LogP) is 5.21. The van der Waals surface area contributed by atoms with Crippen LogP contribution in [-0.4, -0.2) is 18.2 Å². The first-order valence-electron chi connectivity index (χ1n) is 8.55. The number of aromatic carboxylic acids is 1. The molecule has 5 heteroatoms. The number of carboxylic acids is 1. The van der Waals surface area contributed by atoms with Gasteiger partial charge in [-0.1, -0.05) is 28.4 Å². The van der Waals surface area contributed by atoms with Crippen LogP contribution in [0.1, 0.15) is 52.7 Å². The number of carboxylic acid groups (broad SMARTS) is 1. The summed E-state index contributed by atoms with van der Waals surface area (Å²) in [5, 5.41) is 12.9. The van der Waals surface area contributed by atoms with E-state index in [-0.39, 0.29) is 6.04 Å². The van der Waals surface area contributed by atoms with E-state index in [1.165, 1.54) is 24.8 Å². The van der Waals surface area contributed by atoms with Gasteiger partial charge in [0.25, 0.3) is 0 Å². The quantitative estimate of drug-likeness (QED) is 0.741. The molecule has 2 aliphatic rings. The molecular formula is C20H20BrNO3. The maximum absolute atomic E-state index is 11.2. The van der Waals surface area contributed by atoms with E-state index in [1.54, 1.807) is 19.2 Å². The topological polar surface area (TPSA) is 58.6 Å². The SMILES string of the molecule is COc1ccc2c(c1)[C@@H]1CCC[C@@H]1[C@H](c1ccc(C(=O)O)cc1Br)N2. The summed E-state index contributed by atoms with van der Waals surface area (Å²) in [6.45, 7) is 0. The molecule has 3 atom stereocenters. The van der Waals surface area contributed by atoms with Crippen molar-refractivity contribution in [3.05, 3.63) is 57.6 Å². The highest BCUT2D eigenvalue weighted by Gasteiger charge is 2.41. The number of methoxy groups -OCH3 is 1. The average Bonchev–Trinajstić information content (AvgIpc) is 3.10. The van der Waals surface area contributed by atoms with Gasteiger partial charge in [-0.3, -0.25) is 0 Å². The molecule has 2 aromatic carbocycles. The van der Waals surface area contributed by atoms with Crippen molar-refractivity contribution in [1.82, 2.24) is 0 Å². The summed E-state index contributed by atoms with van der Waals surface area (Å²) in [5.41, 5.74) is 3.93. The smallest absolute Gasteiger partial charge is 0.335 e. The van der Waals surface area contributed by atoms with Crippen LogP contribution in [0, 0.1) is 5.92 Å². The zero-order valence-electron chi connectivity index (χ0n) is 14.0. The van der Waals surface area contributed by atoms with Gasteiger partial charge in [-0.15, -0.1) is 0 Å². The molecule has 0 amide bonds. The van der Waals surface area contributed by atoms with E-state index in [1.807, 2.05) is 12.1 Å². The van der Waals surface area contributed by atoms with Crippen LogP contribution >= 0.6 is 15.9 Å². The zero-order chi connectivity index (χ0) is 17.6. The molecule has 4 rings (SSSR count). The number of anilines is 1. The Bertz CT molecular complexity index is 836. The monoisotopic (exact) mass is 401 g/mol. The average molecular weight is 402 g/mol. The molecule has 1 aliphatic heterocycles. The Morgan fingerprint density at radius 3 is 2.76 bits per heavy atom. The molecule has 1 aliphatic carbocycles. The summed E-state index contributed by atoms with van der Waals surface area (Å²) in [6, 6.07) is 11.8. The number of hydrogen-bond acceptors (Lipinski definition) is 3. The molecule has 4 nitrogen and oxygen atoms in total. The molecular weight excluding hydrogens is 382 g/mol. The summed E-state index contributed by atoms with van der Waals surface area (Å²) >= 11 is 3.59. The Labute approximate surface area is 155 Å². The molecule has 1 saturated carbocycles. The van der Waals surface area contributed by atoms with Gasteiger partial charge in [0.1, 0.15) is 5.75 Å². The molecule has 2 aromatic rings. The van der Waals surface area contributed by atoms with Gasteiger partial charge in [-0.25, -0.2) is 4.79 Å². The maximum atomic E-state index is 11.2. The van der Waals surface area contributed by atoms with Crippen LogP contribution in [0.5, 0.6) is 5.75 Å². The van der Waals surface area contributed by atoms with Crippen molar-refractivity contribution < 1.29 is 14.6 Å². The normalized spacial score (nSPS) is 24.2. The molecule has 1 heterocycles. The number of hydrogen-bond donors (Lipinski definition) is 2. The molecule has 0 spiro atoms. The summed E-state index contributed by atoms with van der Waals surface area (Å²) in [4.78, 5) is 11.2. The first-order valence-corrected chi connectivity index (χ1v) is 9.35. The second-order valence-electron chi connectivity index (χ2n) is 6.82. The van der Waals surface area contributed by atoms with Gasteiger partial charge in [0, 0.05) is 10.2 Å². The van der Waals surface area contributed by atoms with Crippen LogP contribution in [0.25, 0.3) is 0 Å². The third-order valence-electron chi connectivity index (χ3n) is 5.55. The van der Waals surface area contributed by atoms with Crippen LogP contribution < -0.4 is 10.1 Å². The van der Waals surface area contributed by atoms with Crippen molar-refractivity contribution in [3.8, 4) is 5.75 Å². The molecule has 25 heavy (non-hydrogen) atoms. The van der Waals surface area contributed by atoms with E-state index >= 15 is 0 Å². The number of rotatable bonds is 3. The maximum Gasteiger partial charge on any atom is 0.335 e. The molecule has 0 unspecified atom stereocenters. The van der Waals surface area contributed by atoms with Crippen LogP contribution in [0.4, 0.5) is 5.69 Å². The zero-order valence-corrected chi connectivity index (χ0v) is 15.5. The molecule has 1 fully saturated rings. The lowest BCUT2D eigenvalue weighted by atomic mass is 9.77. The fourth-order valence-electron chi connectivity index (χ4n) is 4.38. The predicted molar refractivity (Wildman–Crippen MR) is 101 cm³/mol. The molecule has 130 valence electrons. The highest BCUT2D eigenvalue weighted by atomic mass is 79.9. The lowest BCUT2D eigenvalue weighted by Gasteiger charge is -2.38. The van der Waals surface area contributed by atoms with Crippen molar-refractivity contribution in [3.63, 3.8) is 0 Å². The third-order valence-corrected chi connectivity index (χ3v) is 6.24. The second-order valence-corrected chi connectivity index (χ2v) is 7.67. The first-order chi connectivity index (χ1) is 12.1. The highest BCUT2D eigenvalue weighted by molar-refractivity contribution is 9.10. The van der Waals surface area contributed by atoms with Crippen LogP contribution in [0.3, 0.4) is 0 Å². The van der Waals surface area contributed by atoms with Gasteiger partial charge in [0.15, 0.2) is 0 Å². The summed E-state index contributed by atoms with van der Waals surface area (Å²) in [7, 11) is 1.70. The fourth-order valence-corrected chi connectivity index (χ4v) is 5.00. The molecule has 2 N–H and O–H groups in total. The summed E-state index contributed by atoms with van der Waals surface area (Å²) in [6.07, 6.45) is 3.58. The Balaban J connectivity index is 1.75. The number of ether oxygens (including phenoxy) is 1. The Hall–Kier alpha value is -2.01. The largest absolute Gasteiger partial charge is 0.497 e. The third kappa shape index (κ3) is 2.80. The van der Waals surface area contributed by atoms with E-state index in [9.17, 15) is 9.90 Å². The number of fused-ring (bicyclic) bond motifs is 3. The Morgan fingerprint density at radius 2 is 2.04 bits per heavy atom. The van der Waals surface area contributed by atoms with E-state index in [4.69, 9.17) is 4.74 Å². The minimum atomic E-state index is -0.903. The van der Waals surface area contributed by atoms with E-state index in [2.05, 4.69) is 33.4 Å². The van der Waals surface area contributed by atoms with Gasteiger partial charge < -0.3 is 15.2 Å². The number of benzene rings is 2. The molecule has 0 radical (unpaired) electrons. The van der Waals surface area contributed by atoms with Crippen molar-refractivity contribution >= 4 is 27.6 Å². The van der Waals surface area contributed by atoms with Gasteiger partial charge in [-0.2, -0.15) is 0 Å². The van der Waals surface area contributed by atoms with Crippen molar-refractivity contribution in [2.45, 2.75) is 31.2 Å². The van der Waals surface area contributed by atoms with Crippen molar-refractivity contribution in [2.24, 2.45) is 5.92 Å². The van der Waals surface area contributed by atoms with Crippen LogP contribution in [0.2, 0.25) is 0 Å². The van der Waals surface area contributed by atoms with Gasteiger partial charge in [-0.05, 0) is 66.1 Å². The number of halogens is 1. The summed E-state index contributed by atoms with van der Waals surface area (Å²) < 4.78 is 6.26. The highest BCUT2D eigenvalue weighted by Crippen LogP contribution is 2.54.